The first-order valence-electron chi connectivity index (χ1n) is 3.90. The summed E-state index contributed by atoms with van der Waals surface area (Å²) in [5, 5.41) is 0. The predicted octanol–water partition coefficient (Wildman–Crippen LogP) is 2.45. The highest BCUT2D eigenvalue weighted by molar-refractivity contribution is 6.18. The third-order valence-corrected chi connectivity index (χ3v) is 1.58. The van der Waals surface area contributed by atoms with Crippen LogP contribution in [0.25, 0.3) is 0 Å². The molecule has 0 atom stereocenters. The van der Waals surface area contributed by atoms with E-state index < -0.39 is 19.4 Å². The van der Waals surface area contributed by atoms with Gasteiger partial charge in [-0.05, 0) is 6.42 Å². The quantitative estimate of drug-likeness (QED) is 0.492. The molecule has 0 saturated heterocycles. The molecule has 0 N–H and O–H groups in total. The Kier molecular flexibility index (Phi) is 6.41. The van der Waals surface area contributed by atoms with Crippen LogP contribution in [-0.2, 0) is 0 Å². The molecule has 0 amide bonds. The van der Waals surface area contributed by atoms with Crippen LogP contribution in [-0.4, -0.2) is 43.3 Å². The molecule has 6 heteroatoms. The van der Waals surface area contributed by atoms with E-state index >= 15 is 0 Å². The van der Waals surface area contributed by atoms with Gasteiger partial charge in [0, 0.05) is 19.0 Å². The average Bonchev–Trinajstić information content (AvgIpc) is 1.98. The maximum Gasteiger partial charge on any atom is 0.401 e. The Morgan fingerprint density at radius 2 is 1.77 bits per heavy atom. The molecule has 0 aliphatic carbocycles. The fourth-order valence-electron chi connectivity index (χ4n) is 0.926. The van der Waals surface area contributed by atoms with Gasteiger partial charge in [0.1, 0.15) is 0 Å². The molecule has 0 bridgehead atoms. The molecule has 0 aromatic rings. The third-order valence-electron chi connectivity index (χ3n) is 1.41. The molecule has 13 heavy (non-hydrogen) atoms. The van der Waals surface area contributed by atoms with Crippen LogP contribution in [0.15, 0.2) is 0 Å². The SMILES string of the molecule is FCCCN(CCCl)CC(F)(F)F. The van der Waals surface area contributed by atoms with Crippen LogP contribution in [0.4, 0.5) is 17.6 Å². The van der Waals surface area contributed by atoms with Crippen LogP contribution in [0.3, 0.4) is 0 Å². The summed E-state index contributed by atoms with van der Waals surface area (Å²) in [6, 6.07) is 0. The van der Waals surface area contributed by atoms with E-state index in [9.17, 15) is 17.6 Å². The molecular formula is C7H12ClF4N. The first kappa shape index (κ1) is 13.0. The van der Waals surface area contributed by atoms with Crippen molar-refractivity contribution in [3.63, 3.8) is 0 Å². The number of rotatable bonds is 6. The van der Waals surface area contributed by atoms with E-state index in [2.05, 4.69) is 0 Å². The van der Waals surface area contributed by atoms with Gasteiger partial charge < -0.3 is 0 Å². The number of nitrogens with zero attached hydrogens (tertiary/aromatic N) is 1. The molecule has 0 aromatic carbocycles. The van der Waals surface area contributed by atoms with Crippen LogP contribution in [0, 0.1) is 0 Å². The van der Waals surface area contributed by atoms with E-state index in [1.165, 1.54) is 0 Å². The minimum Gasteiger partial charge on any atom is -0.294 e. The Morgan fingerprint density at radius 1 is 1.15 bits per heavy atom. The van der Waals surface area contributed by atoms with Gasteiger partial charge >= 0.3 is 6.18 Å². The van der Waals surface area contributed by atoms with Crippen LogP contribution in [0.2, 0.25) is 0 Å². The zero-order chi connectivity index (χ0) is 10.3. The molecular weight excluding hydrogens is 210 g/mol. The van der Waals surface area contributed by atoms with Crippen molar-refractivity contribution in [2.45, 2.75) is 12.6 Å². The monoisotopic (exact) mass is 221 g/mol. The lowest BCUT2D eigenvalue weighted by atomic mass is 10.4. The average molecular weight is 222 g/mol. The topological polar surface area (TPSA) is 3.24 Å². The first-order valence-corrected chi connectivity index (χ1v) is 4.44. The fourth-order valence-corrected chi connectivity index (χ4v) is 1.17. The van der Waals surface area contributed by atoms with Crippen molar-refractivity contribution >= 4 is 11.6 Å². The van der Waals surface area contributed by atoms with E-state index in [1.54, 1.807) is 0 Å². The first-order chi connectivity index (χ1) is 5.99. The molecule has 0 saturated carbocycles. The lowest BCUT2D eigenvalue weighted by Gasteiger charge is -2.21. The molecule has 0 unspecified atom stereocenters. The van der Waals surface area contributed by atoms with Gasteiger partial charge in [0.2, 0.25) is 0 Å². The number of alkyl halides is 5. The van der Waals surface area contributed by atoms with Gasteiger partial charge in [-0.1, -0.05) is 0 Å². The highest BCUT2D eigenvalue weighted by Gasteiger charge is 2.30. The summed E-state index contributed by atoms with van der Waals surface area (Å²) in [4.78, 5) is 1.10. The number of hydrogen-bond donors (Lipinski definition) is 0. The highest BCUT2D eigenvalue weighted by Crippen LogP contribution is 2.16. The van der Waals surface area contributed by atoms with E-state index in [1.807, 2.05) is 0 Å². The van der Waals surface area contributed by atoms with Gasteiger partial charge in [0.05, 0.1) is 13.2 Å². The summed E-state index contributed by atoms with van der Waals surface area (Å²) < 4.78 is 47.3. The largest absolute Gasteiger partial charge is 0.401 e. The summed E-state index contributed by atoms with van der Waals surface area (Å²) in [5.74, 6) is 0.127. The van der Waals surface area contributed by atoms with Crippen molar-refractivity contribution in [2.24, 2.45) is 0 Å². The third kappa shape index (κ3) is 8.30. The molecule has 1 nitrogen and oxygen atoms in total. The summed E-state index contributed by atoms with van der Waals surface area (Å²) in [6.07, 6.45) is -4.12. The number of hydrogen-bond acceptors (Lipinski definition) is 1. The summed E-state index contributed by atoms with van der Waals surface area (Å²) in [5.41, 5.74) is 0. The molecule has 0 heterocycles. The van der Waals surface area contributed by atoms with Crippen LogP contribution in [0.5, 0.6) is 0 Å². The van der Waals surface area contributed by atoms with Gasteiger partial charge in [-0.15, -0.1) is 11.6 Å². The van der Waals surface area contributed by atoms with Gasteiger partial charge in [-0.3, -0.25) is 9.29 Å². The minimum absolute atomic E-state index is 0.0999. The Bertz CT molecular complexity index is 128. The van der Waals surface area contributed by atoms with Gasteiger partial charge in [0.15, 0.2) is 0 Å². The Balaban J connectivity index is 3.79. The Labute approximate surface area is 79.7 Å². The van der Waals surface area contributed by atoms with E-state index in [4.69, 9.17) is 11.6 Å². The molecule has 0 aliphatic rings. The maximum atomic E-state index is 11.9. The maximum absolute atomic E-state index is 11.9. The van der Waals surface area contributed by atoms with Crippen LogP contribution in [0.1, 0.15) is 6.42 Å². The summed E-state index contributed by atoms with van der Waals surface area (Å²) >= 11 is 5.30. The zero-order valence-corrected chi connectivity index (χ0v) is 7.84. The normalized spacial score (nSPS) is 12.5. The lowest BCUT2D eigenvalue weighted by Crippen LogP contribution is -2.36. The van der Waals surface area contributed by atoms with Crippen molar-refractivity contribution in [2.75, 3.05) is 32.2 Å². The molecule has 0 spiro atoms. The second-order valence-corrected chi connectivity index (χ2v) is 3.00. The predicted molar refractivity (Wildman–Crippen MR) is 43.8 cm³/mol. The number of halogens is 5. The standard InChI is InChI=1S/C7H12ClF4N/c8-2-5-13(4-1-3-9)6-7(10,11)12/h1-6H2. The molecule has 0 fully saturated rings. The summed E-state index contributed by atoms with van der Waals surface area (Å²) in [7, 11) is 0. The Morgan fingerprint density at radius 3 is 2.15 bits per heavy atom. The van der Waals surface area contributed by atoms with Crippen LogP contribution < -0.4 is 0 Å². The molecule has 0 rings (SSSR count). The van der Waals surface area contributed by atoms with Crippen molar-refractivity contribution in [1.82, 2.24) is 4.90 Å². The smallest absolute Gasteiger partial charge is 0.294 e. The minimum atomic E-state index is -4.23. The van der Waals surface area contributed by atoms with Gasteiger partial charge in [-0.25, -0.2) is 0 Å². The second kappa shape index (κ2) is 6.43. The van der Waals surface area contributed by atoms with Crippen molar-refractivity contribution in [3.8, 4) is 0 Å². The zero-order valence-electron chi connectivity index (χ0n) is 7.08. The lowest BCUT2D eigenvalue weighted by molar-refractivity contribution is -0.145. The summed E-state index contributed by atoms with van der Waals surface area (Å²) in [6.45, 7) is -1.37. The molecule has 0 aromatic heterocycles. The van der Waals surface area contributed by atoms with E-state index in [-0.39, 0.29) is 25.4 Å². The molecule has 80 valence electrons. The second-order valence-electron chi connectivity index (χ2n) is 2.62. The van der Waals surface area contributed by atoms with E-state index in [0.717, 1.165) is 4.90 Å². The van der Waals surface area contributed by atoms with Crippen molar-refractivity contribution in [3.05, 3.63) is 0 Å². The molecule has 0 aliphatic heterocycles. The van der Waals surface area contributed by atoms with Crippen LogP contribution >= 0.6 is 11.6 Å². The van der Waals surface area contributed by atoms with Gasteiger partial charge in [-0.2, -0.15) is 13.2 Å². The van der Waals surface area contributed by atoms with E-state index in [0.29, 0.717) is 0 Å². The van der Waals surface area contributed by atoms with Crippen molar-refractivity contribution in [1.29, 1.82) is 0 Å². The van der Waals surface area contributed by atoms with Gasteiger partial charge in [0.25, 0.3) is 0 Å². The fraction of sp³-hybridized carbons (Fsp3) is 1.00. The molecule has 0 radical (unpaired) electrons. The highest BCUT2D eigenvalue weighted by atomic mass is 35.5. The Hall–Kier alpha value is -0.0300. The van der Waals surface area contributed by atoms with Crippen molar-refractivity contribution < 1.29 is 17.6 Å².